The molecule has 1 aliphatic rings. The molecule has 4 aromatic rings. The van der Waals surface area contributed by atoms with E-state index in [1.807, 2.05) is 0 Å². The predicted molar refractivity (Wildman–Crippen MR) is 159 cm³/mol. The number of pyridine rings is 2. The van der Waals surface area contributed by atoms with Crippen molar-refractivity contribution in [2.75, 3.05) is 0 Å². The van der Waals surface area contributed by atoms with Crippen LogP contribution in [0.5, 0.6) is 0 Å². The van der Waals surface area contributed by atoms with E-state index in [-0.39, 0.29) is 42.7 Å². The molecular formula is C36H40N2Pt. The Bertz CT molecular complexity index is 1410. The second kappa shape index (κ2) is 9.81. The van der Waals surface area contributed by atoms with E-state index in [1.165, 1.54) is 11.1 Å². The Kier molecular flexibility index (Phi) is 7.40. The van der Waals surface area contributed by atoms with Crippen LogP contribution in [0.25, 0.3) is 22.5 Å². The van der Waals surface area contributed by atoms with Crippen molar-refractivity contribution in [1.29, 1.82) is 0 Å². The van der Waals surface area contributed by atoms with Crippen molar-refractivity contribution in [3.05, 3.63) is 106 Å². The van der Waals surface area contributed by atoms with E-state index in [4.69, 9.17) is 9.97 Å². The van der Waals surface area contributed by atoms with Gasteiger partial charge in [0.1, 0.15) is 0 Å². The first-order valence-corrected chi connectivity index (χ1v) is 13.7. The molecule has 0 unspecified atom stereocenters. The van der Waals surface area contributed by atoms with E-state index in [0.717, 1.165) is 45.0 Å². The van der Waals surface area contributed by atoms with Gasteiger partial charge in [-0.05, 0) is 45.5 Å². The molecule has 0 saturated carbocycles. The van der Waals surface area contributed by atoms with Gasteiger partial charge in [0.05, 0.1) is 0 Å². The fourth-order valence-corrected chi connectivity index (χ4v) is 5.09. The average Bonchev–Trinajstić information content (AvgIpc) is 2.87. The zero-order chi connectivity index (χ0) is 27.7. The minimum absolute atomic E-state index is 0. The molecule has 39 heavy (non-hydrogen) atoms. The van der Waals surface area contributed by atoms with Crippen LogP contribution in [0.2, 0.25) is 0 Å². The molecule has 1 aliphatic heterocycles. The summed E-state index contributed by atoms with van der Waals surface area (Å²) >= 11 is 0. The monoisotopic (exact) mass is 695 g/mol. The largest absolute Gasteiger partial charge is 2.00 e. The number of benzene rings is 2. The van der Waals surface area contributed by atoms with Gasteiger partial charge >= 0.3 is 21.1 Å². The van der Waals surface area contributed by atoms with Gasteiger partial charge in [0.15, 0.2) is 0 Å². The summed E-state index contributed by atoms with van der Waals surface area (Å²) in [6.07, 6.45) is 0. The standard InChI is InChI=1S/C36H40N2.Pt/c1-33(2,3)27-19-29-23-13-11-16-26(17-23)36(9,10)32-22-28(34(4,5)6)20-30(38-32)24-14-12-15-25(18-24)35(7,8)31(21-27)37-29;/h11-16,19-22H,1-10H3;/q-2;+2. The third-order valence-corrected chi connectivity index (χ3v) is 8.15. The summed E-state index contributed by atoms with van der Waals surface area (Å²) in [4.78, 5) is 10.5. The van der Waals surface area contributed by atoms with Crippen molar-refractivity contribution in [3.63, 3.8) is 0 Å². The molecule has 204 valence electrons. The van der Waals surface area contributed by atoms with Crippen molar-refractivity contribution in [2.45, 2.75) is 90.9 Å². The van der Waals surface area contributed by atoms with E-state index in [0.29, 0.717) is 0 Å². The van der Waals surface area contributed by atoms with Gasteiger partial charge in [-0.25, -0.2) is 0 Å². The van der Waals surface area contributed by atoms with Crippen molar-refractivity contribution in [2.24, 2.45) is 0 Å². The van der Waals surface area contributed by atoms with Gasteiger partial charge in [-0.1, -0.05) is 81.4 Å². The van der Waals surface area contributed by atoms with E-state index in [1.54, 1.807) is 0 Å². The van der Waals surface area contributed by atoms with Gasteiger partial charge < -0.3 is 9.97 Å². The Labute approximate surface area is 250 Å². The van der Waals surface area contributed by atoms with E-state index in [9.17, 15) is 0 Å². The number of hydrogen-bond acceptors (Lipinski definition) is 2. The van der Waals surface area contributed by atoms with Crippen LogP contribution in [0.3, 0.4) is 0 Å². The van der Waals surface area contributed by atoms with Crippen LogP contribution in [0, 0.1) is 12.1 Å². The molecule has 3 heterocycles. The SMILES string of the molecule is CC(C)(C)c1cc2nc(c1)C(C)(C)c1[c-]c(ccc1)-c1cc(C(C)(C)C)cc(n1)C(C)(C)c1[c-]c-2ccc1.[Pt+2]. The molecule has 0 fully saturated rings. The molecule has 0 spiro atoms. The molecule has 0 amide bonds. The van der Waals surface area contributed by atoms with Crippen molar-refractivity contribution < 1.29 is 21.1 Å². The van der Waals surface area contributed by atoms with Crippen LogP contribution in [0.4, 0.5) is 0 Å². The summed E-state index contributed by atoms with van der Waals surface area (Å²) in [7, 11) is 0. The first kappa shape index (κ1) is 29.4. The second-order valence-electron chi connectivity index (χ2n) is 14.0. The van der Waals surface area contributed by atoms with Crippen LogP contribution in [0.15, 0.2) is 60.7 Å². The summed E-state index contributed by atoms with van der Waals surface area (Å²) in [5, 5.41) is 0. The van der Waals surface area contributed by atoms with Gasteiger partial charge in [0.2, 0.25) is 0 Å². The molecule has 0 N–H and O–H groups in total. The summed E-state index contributed by atoms with van der Waals surface area (Å²) in [6, 6.07) is 29.5. The Morgan fingerprint density at radius 3 is 1.26 bits per heavy atom. The maximum absolute atomic E-state index is 5.27. The minimum Gasteiger partial charge on any atom is -0.300 e. The van der Waals surface area contributed by atoms with Crippen LogP contribution in [-0.2, 0) is 42.7 Å². The summed E-state index contributed by atoms with van der Waals surface area (Å²) in [5.74, 6) is 0. The molecule has 5 rings (SSSR count). The van der Waals surface area contributed by atoms with Gasteiger partial charge in [0, 0.05) is 22.2 Å². The van der Waals surface area contributed by atoms with Crippen LogP contribution < -0.4 is 0 Å². The maximum Gasteiger partial charge on any atom is 2.00 e. The van der Waals surface area contributed by atoms with Crippen molar-refractivity contribution in [3.8, 4) is 22.5 Å². The minimum atomic E-state index is -0.350. The Hall–Kier alpha value is -2.57. The Morgan fingerprint density at radius 2 is 0.923 bits per heavy atom. The van der Waals surface area contributed by atoms with E-state index in [2.05, 4.69) is 142 Å². The smallest absolute Gasteiger partial charge is 0.300 e. The van der Waals surface area contributed by atoms with Crippen molar-refractivity contribution >= 4 is 0 Å². The topological polar surface area (TPSA) is 25.8 Å². The summed E-state index contributed by atoms with van der Waals surface area (Å²) in [6.45, 7) is 22.6. The number of aromatic nitrogens is 2. The zero-order valence-corrected chi connectivity index (χ0v) is 27.3. The van der Waals surface area contributed by atoms with Crippen LogP contribution in [0.1, 0.15) is 103 Å². The maximum atomic E-state index is 5.27. The van der Waals surface area contributed by atoms with Gasteiger partial charge in [0.25, 0.3) is 0 Å². The third-order valence-electron chi connectivity index (χ3n) is 8.15. The normalized spacial score (nSPS) is 15.6. The van der Waals surface area contributed by atoms with Crippen molar-refractivity contribution in [1.82, 2.24) is 9.97 Å². The molecule has 2 nitrogen and oxygen atoms in total. The molecule has 3 heteroatoms. The molecule has 2 aromatic heterocycles. The molecule has 0 radical (unpaired) electrons. The summed E-state index contributed by atoms with van der Waals surface area (Å²) in [5.41, 5.74) is 10.1. The van der Waals surface area contributed by atoms with E-state index < -0.39 is 0 Å². The van der Waals surface area contributed by atoms with Gasteiger partial charge in [-0.2, -0.15) is 0 Å². The molecule has 2 aromatic carbocycles. The van der Waals surface area contributed by atoms with Gasteiger partial charge in [-0.15, -0.1) is 70.8 Å². The van der Waals surface area contributed by atoms with Crippen LogP contribution in [-0.4, -0.2) is 9.97 Å². The van der Waals surface area contributed by atoms with Gasteiger partial charge in [-0.3, -0.25) is 0 Å². The third kappa shape index (κ3) is 5.42. The Morgan fingerprint density at radius 1 is 0.564 bits per heavy atom. The second-order valence-corrected chi connectivity index (χ2v) is 14.0. The first-order chi connectivity index (χ1) is 17.6. The quantitative estimate of drug-likeness (QED) is 0.172. The predicted octanol–water partition coefficient (Wildman–Crippen LogP) is 8.97. The number of fused-ring (bicyclic) bond motifs is 10. The molecule has 0 saturated heterocycles. The average molecular weight is 696 g/mol. The number of hydrogen-bond donors (Lipinski definition) is 0. The number of nitrogens with zero attached hydrogens (tertiary/aromatic N) is 2. The molecule has 8 bridgehead atoms. The molecule has 0 atom stereocenters. The first-order valence-electron chi connectivity index (χ1n) is 13.7. The molecule has 0 aliphatic carbocycles. The van der Waals surface area contributed by atoms with Crippen LogP contribution >= 0.6 is 0 Å². The Balaban J connectivity index is 0.00000353. The number of rotatable bonds is 0. The van der Waals surface area contributed by atoms with E-state index >= 15 is 0 Å². The summed E-state index contributed by atoms with van der Waals surface area (Å²) < 4.78 is 0. The fourth-order valence-electron chi connectivity index (χ4n) is 5.09. The molecular weight excluding hydrogens is 655 g/mol. The fraction of sp³-hybridized carbons (Fsp3) is 0.389. The zero-order valence-electron chi connectivity index (χ0n) is 25.0.